The van der Waals surface area contributed by atoms with E-state index in [9.17, 15) is 0 Å². The maximum absolute atomic E-state index is 8.74. The van der Waals surface area contributed by atoms with E-state index in [0.717, 1.165) is 16.7 Å². The average molecular weight is 183 g/mol. The third kappa shape index (κ3) is 1.42. The molecule has 0 aliphatic carbocycles. The summed E-state index contributed by atoms with van der Waals surface area (Å²) in [5.41, 5.74) is 2.43. The summed E-state index contributed by atoms with van der Waals surface area (Å²) in [7, 11) is 0. The number of nitriles is 1. The molecule has 0 saturated heterocycles. The second-order valence-electron chi connectivity index (χ2n) is 3.13. The van der Waals surface area contributed by atoms with Crippen molar-refractivity contribution in [2.75, 3.05) is 0 Å². The van der Waals surface area contributed by atoms with Crippen LogP contribution in [0.25, 0.3) is 11.0 Å². The Bertz CT molecular complexity index is 499. The smallest absolute Gasteiger partial charge is 0.0890 e. The molecule has 3 heteroatoms. The molecule has 0 bridgehead atoms. The lowest BCUT2D eigenvalue weighted by molar-refractivity contribution is 0.918. The molecule has 2 rings (SSSR count). The first-order chi connectivity index (χ1) is 6.81. The third-order valence-corrected chi connectivity index (χ3v) is 2.10. The maximum atomic E-state index is 8.74. The predicted octanol–water partition coefficient (Wildman–Crippen LogP) is 2.26. The lowest BCUT2D eigenvalue weighted by Crippen LogP contribution is -1.95. The molecule has 2 aromatic rings. The van der Waals surface area contributed by atoms with Crippen LogP contribution in [0.15, 0.2) is 30.5 Å². The highest BCUT2D eigenvalue weighted by Crippen LogP contribution is 2.14. The molecule has 3 nitrogen and oxygen atoms in total. The lowest BCUT2D eigenvalue weighted by atomic mass is 10.1. The van der Waals surface area contributed by atoms with Crippen LogP contribution in [-0.4, -0.2) is 9.97 Å². The van der Waals surface area contributed by atoms with Gasteiger partial charge in [0.05, 0.1) is 34.9 Å². The van der Waals surface area contributed by atoms with Crippen molar-refractivity contribution in [1.82, 2.24) is 9.97 Å². The SMILES string of the molecule is CC(C#N)c1cnc2ccccc2n1. The Hall–Kier alpha value is -1.95. The van der Waals surface area contributed by atoms with E-state index >= 15 is 0 Å². The highest BCUT2D eigenvalue weighted by atomic mass is 14.8. The Morgan fingerprint density at radius 2 is 2.00 bits per heavy atom. The number of nitrogens with zero attached hydrogens (tertiary/aromatic N) is 3. The molecule has 1 aromatic heterocycles. The lowest BCUT2D eigenvalue weighted by Gasteiger charge is -2.02. The first kappa shape index (κ1) is 8.64. The van der Waals surface area contributed by atoms with Crippen molar-refractivity contribution in [2.24, 2.45) is 0 Å². The second kappa shape index (κ2) is 3.43. The van der Waals surface area contributed by atoms with Crippen molar-refractivity contribution in [1.29, 1.82) is 5.26 Å². The number of fused-ring (bicyclic) bond motifs is 1. The predicted molar refractivity (Wildman–Crippen MR) is 53.6 cm³/mol. The van der Waals surface area contributed by atoms with E-state index in [-0.39, 0.29) is 5.92 Å². The van der Waals surface area contributed by atoms with Crippen LogP contribution in [0, 0.1) is 11.3 Å². The van der Waals surface area contributed by atoms with Crippen LogP contribution in [0.4, 0.5) is 0 Å². The number of hydrogen-bond acceptors (Lipinski definition) is 3. The molecule has 0 N–H and O–H groups in total. The Morgan fingerprint density at radius 3 is 2.71 bits per heavy atom. The summed E-state index contributed by atoms with van der Waals surface area (Å²) >= 11 is 0. The molecule has 0 aliphatic heterocycles. The van der Waals surface area contributed by atoms with E-state index in [4.69, 9.17) is 5.26 Å². The van der Waals surface area contributed by atoms with Crippen molar-refractivity contribution >= 4 is 11.0 Å². The topological polar surface area (TPSA) is 49.6 Å². The number of aromatic nitrogens is 2. The summed E-state index contributed by atoms with van der Waals surface area (Å²) in [6.45, 7) is 1.82. The van der Waals surface area contributed by atoms with Gasteiger partial charge in [0.1, 0.15) is 0 Å². The number of hydrogen-bond donors (Lipinski definition) is 0. The molecule has 0 aliphatic rings. The molecule has 1 aromatic carbocycles. The standard InChI is InChI=1S/C11H9N3/c1-8(6-12)11-7-13-9-4-2-3-5-10(9)14-11/h2-5,7-8H,1H3. The average Bonchev–Trinajstić information content (AvgIpc) is 2.27. The van der Waals surface area contributed by atoms with Crippen LogP contribution >= 0.6 is 0 Å². The Labute approximate surface area is 82.0 Å². The molecule has 0 saturated carbocycles. The highest BCUT2D eigenvalue weighted by Gasteiger charge is 2.06. The van der Waals surface area contributed by atoms with E-state index in [0.29, 0.717) is 0 Å². The molecule has 1 unspecified atom stereocenters. The zero-order chi connectivity index (χ0) is 9.97. The molecule has 1 heterocycles. The second-order valence-corrected chi connectivity index (χ2v) is 3.13. The van der Waals surface area contributed by atoms with Crippen LogP contribution in [0.3, 0.4) is 0 Å². The van der Waals surface area contributed by atoms with E-state index < -0.39 is 0 Å². The summed E-state index contributed by atoms with van der Waals surface area (Å²) in [5.74, 6) is -0.202. The van der Waals surface area contributed by atoms with Crippen LogP contribution in [0.5, 0.6) is 0 Å². The molecule has 0 fully saturated rings. The maximum Gasteiger partial charge on any atom is 0.0890 e. The molecular weight excluding hydrogens is 174 g/mol. The van der Waals surface area contributed by atoms with E-state index in [1.807, 2.05) is 31.2 Å². The first-order valence-electron chi connectivity index (χ1n) is 4.42. The van der Waals surface area contributed by atoms with Gasteiger partial charge in [-0.1, -0.05) is 12.1 Å². The van der Waals surface area contributed by atoms with Gasteiger partial charge in [0.25, 0.3) is 0 Å². The van der Waals surface area contributed by atoms with Gasteiger partial charge in [-0.05, 0) is 19.1 Å². The fraction of sp³-hybridized carbons (Fsp3) is 0.182. The third-order valence-electron chi connectivity index (χ3n) is 2.10. The van der Waals surface area contributed by atoms with Crippen LogP contribution < -0.4 is 0 Å². The molecule has 0 amide bonds. The number of rotatable bonds is 1. The van der Waals surface area contributed by atoms with Gasteiger partial charge in [-0.15, -0.1) is 0 Å². The van der Waals surface area contributed by atoms with Crippen molar-refractivity contribution in [3.8, 4) is 6.07 Å². The quantitative estimate of drug-likeness (QED) is 0.681. The van der Waals surface area contributed by atoms with Gasteiger partial charge in [0.2, 0.25) is 0 Å². The van der Waals surface area contributed by atoms with E-state index in [1.54, 1.807) is 6.20 Å². The number of para-hydroxylation sites is 2. The Kier molecular flexibility index (Phi) is 2.11. The summed E-state index contributed by atoms with van der Waals surface area (Å²) < 4.78 is 0. The van der Waals surface area contributed by atoms with Crippen LogP contribution in [-0.2, 0) is 0 Å². The molecule has 14 heavy (non-hydrogen) atoms. The minimum atomic E-state index is -0.202. The van der Waals surface area contributed by atoms with Gasteiger partial charge < -0.3 is 0 Å². The molecule has 0 radical (unpaired) electrons. The van der Waals surface area contributed by atoms with Gasteiger partial charge in [0.15, 0.2) is 0 Å². The van der Waals surface area contributed by atoms with E-state index in [1.165, 1.54) is 0 Å². The van der Waals surface area contributed by atoms with Crippen molar-refractivity contribution in [3.05, 3.63) is 36.2 Å². The molecular formula is C11H9N3. The minimum Gasteiger partial charge on any atom is -0.253 e. The Morgan fingerprint density at radius 1 is 1.29 bits per heavy atom. The van der Waals surface area contributed by atoms with Crippen molar-refractivity contribution < 1.29 is 0 Å². The van der Waals surface area contributed by atoms with Crippen molar-refractivity contribution in [3.63, 3.8) is 0 Å². The monoisotopic (exact) mass is 183 g/mol. The van der Waals surface area contributed by atoms with Gasteiger partial charge in [-0.3, -0.25) is 4.98 Å². The van der Waals surface area contributed by atoms with Crippen LogP contribution in [0.1, 0.15) is 18.5 Å². The molecule has 68 valence electrons. The highest BCUT2D eigenvalue weighted by molar-refractivity contribution is 5.73. The minimum absolute atomic E-state index is 0.202. The largest absolute Gasteiger partial charge is 0.253 e. The van der Waals surface area contributed by atoms with Gasteiger partial charge >= 0.3 is 0 Å². The zero-order valence-corrected chi connectivity index (χ0v) is 7.81. The van der Waals surface area contributed by atoms with Crippen LogP contribution in [0.2, 0.25) is 0 Å². The summed E-state index contributed by atoms with van der Waals surface area (Å²) in [5, 5.41) is 8.74. The summed E-state index contributed by atoms with van der Waals surface area (Å²) in [4.78, 5) is 8.60. The van der Waals surface area contributed by atoms with Crippen molar-refractivity contribution in [2.45, 2.75) is 12.8 Å². The molecule has 0 spiro atoms. The number of benzene rings is 1. The van der Waals surface area contributed by atoms with Gasteiger partial charge in [-0.2, -0.15) is 5.26 Å². The Balaban J connectivity index is 2.58. The summed E-state index contributed by atoms with van der Waals surface area (Å²) in [6.07, 6.45) is 1.66. The van der Waals surface area contributed by atoms with E-state index in [2.05, 4.69) is 16.0 Å². The van der Waals surface area contributed by atoms with Gasteiger partial charge in [-0.25, -0.2) is 4.98 Å². The fourth-order valence-electron chi connectivity index (χ4n) is 1.25. The fourth-order valence-corrected chi connectivity index (χ4v) is 1.25. The zero-order valence-electron chi connectivity index (χ0n) is 7.81. The normalized spacial score (nSPS) is 12.3. The van der Waals surface area contributed by atoms with Gasteiger partial charge in [0, 0.05) is 0 Å². The first-order valence-corrected chi connectivity index (χ1v) is 4.42. The summed E-state index contributed by atoms with van der Waals surface area (Å²) in [6, 6.07) is 9.78. The molecule has 1 atom stereocenters.